The van der Waals surface area contributed by atoms with Crippen molar-refractivity contribution >= 4 is 49.1 Å². The highest BCUT2D eigenvalue weighted by Crippen LogP contribution is 2.26. The molecule has 0 fully saturated rings. The van der Waals surface area contributed by atoms with Crippen LogP contribution in [0.15, 0.2) is 46.4 Å². The number of nitrogens with zero attached hydrogens (tertiary/aromatic N) is 1. The first-order valence-corrected chi connectivity index (χ1v) is 7.72. The molecule has 3 aromatic rings. The van der Waals surface area contributed by atoms with Crippen molar-refractivity contribution in [3.8, 4) is 0 Å². The molecule has 0 bridgehead atoms. The third kappa shape index (κ3) is 2.46. The Morgan fingerprint density at radius 3 is 2.95 bits per heavy atom. The van der Waals surface area contributed by atoms with Crippen LogP contribution in [0.4, 0.5) is 5.82 Å². The van der Waals surface area contributed by atoms with Crippen LogP contribution in [0.25, 0.3) is 10.1 Å². The number of halogens is 1. The molecule has 1 N–H and O–H groups in total. The Bertz CT molecular complexity index is 797. The van der Waals surface area contributed by atoms with Gasteiger partial charge < -0.3 is 5.32 Å². The molecule has 20 heavy (non-hydrogen) atoms. The van der Waals surface area contributed by atoms with Gasteiger partial charge in [0.1, 0.15) is 5.82 Å². The van der Waals surface area contributed by atoms with E-state index in [1.807, 2.05) is 42.6 Å². The number of aryl methyl sites for hydroxylation is 1. The minimum atomic E-state index is -0.125. The summed E-state index contributed by atoms with van der Waals surface area (Å²) in [5.74, 6) is 0.467. The Balaban J connectivity index is 1.93. The number of anilines is 1. The maximum absolute atomic E-state index is 12.4. The number of pyridine rings is 1. The standard InChI is InChI=1S/C15H11BrN2OS/c1-9-6-10(16)7-17-14(9)18-15(19)12-8-20-13-5-3-2-4-11(12)13/h2-8H,1H3,(H,17,18,19). The summed E-state index contributed by atoms with van der Waals surface area (Å²) in [4.78, 5) is 16.6. The van der Waals surface area contributed by atoms with Gasteiger partial charge in [-0.25, -0.2) is 4.98 Å². The second kappa shape index (κ2) is 5.34. The smallest absolute Gasteiger partial charge is 0.258 e. The highest BCUT2D eigenvalue weighted by molar-refractivity contribution is 9.10. The summed E-state index contributed by atoms with van der Waals surface area (Å²) in [7, 11) is 0. The molecule has 0 aliphatic carbocycles. The summed E-state index contributed by atoms with van der Waals surface area (Å²) in [5.41, 5.74) is 1.61. The average molecular weight is 347 g/mol. The molecule has 2 aromatic heterocycles. The topological polar surface area (TPSA) is 42.0 Å². The summed E-state index contributed by atoms with van der Waals surface area (Å²) in [6, 6.07) is 9.81. The lowest BCUT2D eigenvalue weighted by molar-refractivity contribution is 0.102. The molecule has 3 nitrogen and oxygen atoms in total. The van der Waals surface area contributed by atoms with E-state index in [9.17, 15) is 4.79 Å². The first kappa shape index (κ1) is 13.3. The molecule has 2 heterocycles. The summed E-state index contributed by atoms with van der Waals surface area (Å²) >= 11 is 4.93. The third-order valence-electron chi connectivity index (χ3n) is 3.00. The molecule has 0 aliphatic heterocycles. The Morgan fingerprint density at radius 1 is 1.35 bits per heavy atom. The van der Waals surface area contributed by atoms with Gasteiger partial charge in [0, 0.05) is 26.1 Å². The fourth-order valence-electron chi connectivity index (χ4n) is 2.00. The van der Waals surface area contributed by atoms with Crippen molar-refractivity contribution < 1.29 is 4.79 Å². The predicted molar refractivity (Wildman–Crippen MR) is 86.5 cm³/mol. The zero-order valence-electron chi connectivity index (χ0n) is 10.7. The van der Waals surface area contributed by atoms with E-state index in [1.165, 1.54) is 0 Å². The third-order valence-corrected chi connectivity index (χ3v) is 4.40. The molecule has 0 saturated heterocycles. The van der Waals surface area contributed by atoms with E-state index >= 15 is 0 Å². The maximum Gasteiger partial charge on any atom is 0.258 e. The van der Waals surface area contributed by atoms with E-state index < -0.39 is 0 Å². The van der Waals surface area contributed by atoms with Gasteiger partial charge in [0.05, 0.1) is 5.56 Å². The quantitative estimate of drug-likeness (QED) is 0.735. The molecule has 1 aromatic carbocycles. The van der Waals surface area contributed by atoms with Crippen LogP contribution in [0.5, 0.6) is 0 Å². The largest absolute Gasteiger partial charge is 0.306 e. The number of carbonyl (C=O) groups excluding carboxylic acids is 1. The van der Waals surface area contributed by atoms with E-state index in [4.69, 9.17) is 0 Å². The average Bonchev–Trinajstić information content (AvgIpc) is 2.86. The molecule has 3 rings (SSSR count). The highest BCUT2D eigenvalue weighted by atomic mass is 79.9. The van der Waals surface area contributed by atoms with Gasteiger partial charge in [-0.15, -0.1) is 11.3 Å². The SMILES string of the molecule is Cc1cc(Br)cnc1NC(=O)c1csc2ccccc12. The molecule has 0 saturated carbocycles. The number of hydrogen-bond donors (Lipinski definition) is 1. The van der Waals surface area contributed by atoms with Gasteiger partial charge in [0.2, 0.25) is 0 Å². The molecule has 0 spiro atoms. The number of benzene rings is 1. The molecule has 0 atom stereocenters. The number of aromatic nitrogens is 1. The lowest BCUT2D eigenvalue weighted by Crippen LogP contribution is -2.13. The first-order valence-electron chi connectivity index (χ1n) is 6.05. The molecule has 100 valence electrons. The molecule has 0 unspecified atom stereocenters. The number of amides is 1. The van der Waals surface area contributed by atoms with Crippen molar-refractivity contribution in [2.45, 2.75) is 6.92 Å². The van der Waals surface area contributed by atoms with E-state index in [-0.39, 0.29) is 5.91 Å². The van der Waals surface area contributed by atoms with Gasteiger partial charge in [-0.3, -0.25) is 4.79 Å². The van der Waals surface area contributed by atoms with E-state index in [2.05, 4.69) is 26.2 Å². The fraction of sp³-hybridized carbons (Fsp3) is 0.0667. The van der Waals surface area contributed by atoms with Gasteiger partial charge in [-0.1, -0.05) is 18.2 Å². The minimum Gasteiger partial charge on any atom is -0.306 e. The number of rotatable bonds is 2. The Morgan fingerprint density at radius 2 is 2.15 bits per heavy atom. The van der Waals surface area contributed by atoms with Crippen molar-refractivity contribution in [3.63, 3.8) is 0 Å². The number of thiophene rings is 1. The fourth-order valence-corrected chi connectivity index (χ4v) is 3.39. The number of fused-ring (bicyclic) bond motifs is 1. The number of carbonyl (C=O) groups is 1. The summed E-state index contributed by atoms with van der Waals surface area (Å²) < 4.78 is 2.01. The lowest BCUT2D eigenvalue weighted by atomic mass is 10.1. The Kier molecular flexibility index (Phi) is 3.54. The monoisotopic (exact) mass is 346 g/mol. The first-order chi connectivity index (χ1) is 9.65. The van der Waals surface area contributed by atoms with Crippen LogP contribution in [-0.4, -0.2) is 10.9 Å². The van der Waals surface area contributed by atoms with Crippen molar-refractivity contribution in [1.82, 2.24) is 4.98 Å². The van der Waals surface area contributed by atoms with E-state index in [0.717, 1.165) is 20.1 Å². The number of hydrogen-bond acceptors (Lipinski definition) is 3. The van der Waals surface area contributed by atoms with Crippen LogP contribution < -0.4 is 5.32 Å². The maximum atomic E-state index is 12.4. The van der Waals surface area contributed by atoms with E-state index in [0.29, 0.717) is 11.4 Å². The molecule has 5 heteroatoms. The molecule has 0 radical (unpaired) electrons. The zero-order chi connectivity index (χ0) is 14.1. The molecule has 1 amide bonds. The molecular formula is C15H11BrN2OS. The van der Waals surface area contributed by atoms with Gasteiger partial charge in [0.15, 0.2) is 0 Å². The minimum absolute atomic E-state index is 0.125. The van der Waals surface area contributed by atoms with Crippen LogP contribution in [0.3, 0.4) is 0 Å². The van der Waals surface area contributed by atoms with Crippen molar-refractivity contribution in [2.75, 3.05) is 5.32 Å². The molecule has 0 aliphatic rings. The van der Waals surface area contributed by atoms with Crippen LogP contribution in [0.2, 0.25) is 0 Å². The van der Waals surface area contributed by atoms with Crippen LogP contribution in [0.1, 0.15) is 15.9 Å². The Labute approximate surface area is 128 Å². The van der Waals surface area contributed by atoms with E-state index in [1.54, 1.807) is 17.5 Å². The van der Waals surface area contributed by atoms with Crippen LogP contribution in [0, 0.1) is 6.92 Å². The second-order valence-corrected chi connectivity index (χ2v) is 6.25. The van der Waals surface area contributed by atoms with Crippen LogP contribution in [-0.2, 0) is 0 Å². The van der Waals surface area contributed by atoms with Crippen molar-refractivity contribution in [1.29, 1.82) is 0 Å². The lowest BCUT2D eigenvalue weighted by Gasteiger charge is -2.07. The molecular weight excluding hydrogens is 336 g/mol. The predicted octanol–water partition coefficient (Wildman–Crippen LogP) is 4.62. The highest BCUT2D eigenvalue weighted by Gasteiger charge is 2.13. The van der Waals surface area contributed by atoms with Gasteiger partial charge in [-0.2, -0.15) is 0 Å². The number of nitrogens with one attached hydrogen (secondary N) is 1. The zero-order valence-corrected chi connectivity index (χ0v) is 13.1. The van der Waals surface area contributed by atoms with Gasteiger partial charge in [-0.05, 0) is 40.5 Å². The van der Waals surface area contributed by atoms with Crippen molar-refractivity contribution in [3.05, 3.63) is 57.5 Å². The van der Waals surface area contributed by atoms with Gasteiger partial charge >= 0.3 is 0 Å². The van der Waals surface area contributed by atoms with Gasteiger partial charge in [0.25, 0.3) is 5.91 Å². The normalized spacial score (nSPS) is 10.7. The summed E-state index contributed by atoms with van der Waals surface area (Å²) in [5, 5.41) is 5.73. The summed E-state index contributed by atoms with van der Waals surface area (Å²) in [6.07, 6.45) is 1.67. The Hall–Kier alpha value is -1.72. The van der Waals surface area contributed by atoms with Crippen LogP contribution >= 0.6 is 27.3 Å². The van der Waals surface area contributed by atoms with Crippen molar-refractivity contribution in [2.24, 2.45) is 0 Å². The second-order valence-electron chi connectivity index (χ2n) is 4.42. The summed E-state index contributed by atoms with van der Waals surface area (Å²) in [6.45, 7) is 1.92.